The SMILES string of the molecule is CCC(C)C(O)c1cc(Br)cc2c1OCC2. The first-order valence-electron chi connectivity index (χ1n) is 5.76. The van der Waals surface area contributed by atoms with Crippen molar-refractivity contribution in [2.45, 2.75) is 32.8 Å². The Morgan fingerprint density at radius 1 is 1.50 bits per heavy atom. The second-order valence-corrected chi connectivity index (χ2v) is 5.33. The van der Waals surface area contributed by atoms with Crippen molar-refractivity contribution in [3.63, 3.8) is 0 Å². The van der Waals surface area contributed by atoms with Gasteiger partial charge in [0.15, 0.2) is 0 Å². The highest BCUT2D eigenvalue weighted by Crippen LogP contribution is 2.39. The molecule has 0 spiro atoms. The van der Waals surface area contributed by atoms with E-state index in [1.165, 1.54) is 5.56 Å². The maximum Gasteiger partial charge on any atom is 0.128 e. The lowest BCUT2D eigenvalue weighted by Gasteiger charge is -2.20. The molecule has 16 heavy (non-hydrogen) atoms. The molecule has 1 aromatic carbocycles. The van der Waals surface area contributed by atoms with Gasteiger partial charge in [-0.3, -0.25) is 0 Å². The maximum absolute atomic E-state index is 10.3. The van der Waals surface area contributed by atoms with Gasteiger partial charge in [0.2, 0.25) is 0 Å². The topological polar surface area (TPSA) is 29.5 Å². The number of hydrogen-bond acceptors (Lipinski definition) is 2. The average molecular weight is 285 g/mol. The summed E-state index contributed by atoms with van der Waals surface area (Å²) in [5, 5.41) is 10.3. The standard InChI is InChI=1S/C13H17BrO2/c1-3-8(2)12(15)11-7-10(14)6-9-4-5-16-13(9)11/h6-8,12,15H,3-5H2,1-2H3. The summed E-state index contributed by atoms with van der Waals surface area (Å²) in [6, 6.07) is 4.05. The molecular formula is C13H17BrO2. The predicted molar refractivity (Wildman–Crippen MR) is 67.8 cm³/mol. The molecule has 2 rings (SSSR count). The monoisotopic (exact) mass is 284 g/mol. The second kappa shape index (κ2) is 4.76. The Hall–Kier alpha value is -0.540. The molecule has 0 aromatic heterocycles. The summed E-state index contributed by atoms with van der Waals surface area (Å²) in [6.45, 7) is 4.88. The Morgan fingerprint density at radius 2 is 2.25 bits per heavy atom. The van der Waals surface area contributed by atoms with E-state index in [9.17, 15) is 5.11 Å². The molecule has 0 saturated carbocycles. The van der Waals surface area contributed by atoms with Gasteiger partial charge in [0.25, 0.3) is 0 Å². The van der Waals surface area contributed by atoms with E-state index in [0.717, 1.165) is 35.2 Å². The minimum absolute atomic E-state index is 0.252. The van der Waals surface area contributed by atoms with Crippen LogP contribution >= 0.6 is 15.9 Å². The fourth-order valence-corrected chi connectivity index (χ4v) is 2.57. The van der Waals surface area contributed by atoms with Crippen molar-refractivity contribution in [2.75, 3.05) is 6.61 Å². The Labute approximate surface area is 105 Å². The van der Waals surface area contributed by atoms with Crippen LogP contribution in [0.3, 0.4) is 0 Å². The number of rotatable bonds is 3. The lowest BCUT2D eigenvalue weighted by molar-refractivity contribution is 0.112. The van der Waals surface area contributed by atoms with Crippen molar-refractivity contribution in [3.05, 3.63) is 27.7 Å². The molecule has 1 aromatic rings. The minimum atomic E-state index is -0.436. The van der Waals surface area contributed by atoms with Gasteiger partial charge < -0.3 is 9.84 Å². The summed E-state index contributed by atoms with van der Waals surface area (Å²) in [5.41, 5.74) is 2.13. The summed E-state index contributed by atoms with van der Waals surface area (Å²) in [6.07, 6.45) is 1.46. The third-order valence-corrected chi connectivity index (χ3v) is 3.74. The molecule has 0 bridgehead atoms. The van der Waals surface area contributed by atoms with Crippen LogP contribution in [0.1, 0.15) is 37.5 Å². The first-order chi connectivity index (χ1) is 7.63. The fraction of sp³-hybridized carbons (Fsp3) is 0.538. The van der Waals surface area contributed by atoms with Gasteiger partial charge in [-0.05, 0) is 23.6 Å². The smallest absolute Gasteiger partial charge is 0.128 e. The van der Waals surface area contributed by atoms with E-state index in [1.807, 2.05) is 6.07 Å². The summed E-state index contributed by atoms with van der Waals surface area (Å²) in [7, 11) is 0. The molecule has 2 nitrogen and oxygen atoms in total. The Bertz CT molecular complexity index is 390. The molecule has 1 N–H and O–H groups in total. The number of benzene rings is 1. The zero-order valence-corrected chi connectivity index (χ0v) is 11.3. The Morgan fingerprint density at radius 3 is 2.94 bits per heavy atom. The highest BCUT2D eigenvalue weighted by Gasteiger charge is 2.24. The molecular weight excluding hydrogens is 268 g/mol. The van der Waals surface area contributed by atoms with E-state index in [2.05, 4.69) is 35.8 Å². The van der Waals surface area contributed by atoms with Gasteiger partial charge in [0.1, 0.15) is 5.75 Å². The van der Waals surface area contributed by atoms with Crippen molar-refractivity contribution < 1.29 is 9.84 Å². The molecule has 88 valence electrons. The summed E-state index contributed by atoms with van der Waals surface area (Å²) >= 11 is 3.49. The van der Waals surface area contributed by atoms with Crippen LogP contribution in [0, 0.1) is 5.92 Å². The molecule has 1 aliphatic rings. The third kappa shape index (κ3) is 2.11. The first kappa shape index (κ1) is 11.9. The van der Waals surface area contributed by atoms with Crippen molar-refractivity contribution in [3.8, 4) is 5.75 Å². The second-order valence-electron chi connectivity index (χ2n) is 4.41. The van der Waals surface area contributed by atoms with E-state index in [4.69, 9.17) is 4.74 Å². The van der Waals surface area contributed by atoms with E-state index in [0.29, 0.717) is 0 Å². The molecule has 0 saturated heterocycles. The molecule has 2 atom stereocenters. The lowest BCUT2D eigenvalue weighted by Crippen LogP contribution is -2.09. The summed E-state index contributed by atoms with van der Waals surface area (Å²) in [4.78, 5) is 0. The van der Waals surface area contributed by atoms with Crippen molar-refractivity contribution in [2.24, 2.45) is 5.92 Å². The number of aliphatic hydroxyl groups is 1. The molecule has 3 heteroatoms. The molecule has 2 unspecified atom stereocenters. The first-order valence-corrected chi connectivity index (χ1v) is 6.56. The quantitative estimate of drug-likeness (QED) is 0.921. The molecule has 0 radical (unpaired) electrons. The zero-order valence-electron chi connectivity index (χ0n) is 9.66. The number of hydrogen-bond donors (Lipinski definition) is 1. The number of ether oxygens (including phenoxy) is 1. The normalized spacial score (nSPS) is 17.8. The van der Waals surface area contributed by atoms with Crippen LogP contribution in [-0.2, 0) is 6.42 Å². The van der Waals surface area contributed by atoms with Gasteiger partial charge in [-0.25, -0.2) is 0 Å². The maximum atomic E-state index is 10.3. The molecule has 0 aliphatic carbocycles. The Balaban J connectivity index is 2.40. The van der Waals surface area contributed by atoms with Gasteiger partial charge in [0, 0.05) is 16.5 Å². The van der Waals surface area contributed by atoms with Crippen molar-refractivity contribution >= 4 is 15.9 Å². The Kier molecular flexibility index (Phi) is 3.55. The van der Waals surface area contributed by atoms with E-state index in [1.54, 1.807) is 0 Å². The summed E-state index contributed by atoms with van der Waals surface area (Å²) < 4.78 is 6.64. The predicted octanol–water partition coefficient (Wildman–Crippen LogP) is 3.46. The molecule has 1 heterocycles. The van der Waals surface area contributed by atoms with E-state index < -0.39 is 6.10 Å². The largest absolute Gasteiger partial charge is 0.493 e. The van der Waals surface area contributed by atoms with E-state index in [-0.39, 0.29) is 5.92 Å². The highest BCUT2D eigenvalue weighted by atomic mass is 79.9. The van der Waals surface area contributed by atoms with Crippen LogP contribution in [0.4, 0.5) is 0 Å². The average Bonchev–Trinajstić information content (AvgIpc) is 2.73. The van der Waals surface area contributed by atoms with E-state index >= 15 is 0 Å². The highest BCUT2D eigenvalue weighted by molar-refractivity contribution is 9.10. The van der Waals surface area contributed by atoms with Crippen LogP contribution in [0.15, 0.2) is 16.6 Å². The summed E-state index contributed by atoms with van der Waals surface area (Å²) in [5.74, 6) is 1.15. The van der Waals surface area contributed by atoms with Gasteiger partial charge >= 0.3 is 0 Å². The number of fused-ring (bicyclic) bond motifs is 1. The zero-order chi connectivity index (χ0) is 11.7. The lowest BCUT2D eigenvalue weighted by atomic mass is 9.93. The third-order valence-electron chi connectivity index (χ3n) is 3.28. The van der Waals surface area contributed by atoms with Gasteiger partial charge in [-0.15, -0.1) is 0 Å². The van der Waals surface area contributed by atoms with Crippen LogP contribution in [0.25, 0.3) is 0 Å². The molecule has 0 amide bonds. The van der Waals surface area contributed by atoms with Gasteiger partial charge in [-0.2, -0.15) is 0 Å². The van der Waals surface area contributed by atoms with Crippen LogP contribution in [-0.4, -0.2) is 11.7 Å². The minimum Gasteiger partial charge on any atom is -0.493 e. The van der Waals surface area contributed by atoms with Gasteiger partial charge in [0.05, 0.1) is 12.7 Å². The van der Waals surface area contributed by atoms with Crippen LogP contribution < -0.4 is 4.74 Å². The van der Waals surface area contributed by atoms with Crippen molar-refractivity contribution in [1.82, 2.24) is 0 Å². The van der Waals surface area contributed by atoms with Crippen LogP contribution in [0.5, 0.6) is 5.75 Å². The van der Waals surface area contributed by atoms with Crippen LogP contribution in [0.2, 0.25) is 0 Å². The molecule has 1 aliphatic heterocycles. The van der Waals surface area contributed by atoms with Gasteiger partial charge in [-0.1, -0.05) is 36.2 Å². The number of halogens is 1. The van der Waals surface area contributed by atoms with Crippen molar-refractivity contribution in [1.29, 1.82) is 0 Å². The fourth-order valence-electron chi connectivity index (χ4n) is 2.05. The molecule has 0 fully saturated rings. The number of aliphatic hydroxyl groups excluding tert-OH is 1.